The van der Waals surface area contributed by atoms with Gasteiger partial charge < -0.3 is 15.0 Å². The third kappa shape index (κ3) is 4.57. The number of thiazole rings is 1. The van der Waals surface area contributed by atoms with Gasteiger partial charge in [0.1, 0.15) is 5.75 Å². The number of nitrogens with one attached hydrogen (secondary N) is 1. The number of anilines is 1. The lowest BCUT2D eigenvalue weighted by molar-refractivity contribution is 0.0947. The maximum atomic E-state index is 12.3. The van der Waals surface area contributed by atoms with Gasteiger partial charge in [-0.1, -0.05) is 17.4 Å². The number of carbonyl (C=O) groups is 1. The highest BCUT2D eigenvalue weighted by molar-refractivity contribution is 7.22. The van der Waals surface area contributed by atoms with Crippen LogP contribution in [0.25, 0.3) is 10.2 Å². The fraction of sp³-hybridized carbons (Fsp3) is 0.391. The molecule has 0 radical (unpaired) electrons. The van der Waals surface area contributed by atoms with Crippen molar-refractivity contribution in [2.75, 3.05) is 51.3 Å². The van der Waals surface area contributed by atoms with E-state index in [2.05, 4.69) is 41.1 Å². The molecule has 1 N–H and O–H groups in total. The first-order valence-corrected chi connectivity index (χ1v) is 11.1. The van der Waals surface area contributed by atoms with E-state index < -0.39 is 0 Å². The minimum atomic E-state index is -0.0450. The van der Waals surface area contributed by atoms with Crippen molar-refractivity contribution in [3.63, 3.8) is 0 Å². The second-order valence-corrected chi connectivity index (χ2v) is 8.75. The fourth-order valence-electron chi connectivity index (χ4n) is 3.83. The lowest BCUT2D eigenvalue weighted by Crippen LogP contribution is -2.48. The SMILES string of the molecule is COc1ccc(C(=O)NCCN2CCN(c3nc4c(C)cc(C)cc4s3)CC2)cc1. The Bertz CT molecular complexity index is 1020. The molecule has 6 nitrogen and oxygen atoms in total. The number of benzene rings is 2. The molecule has 4 rings (SSSR count). The highest BCUT2D eigenvalue weighted by atomic mass is 32.1. The van der Waals surface area contributed by atoms with E-state index in [1.807, 2.05) is 0 Å². The number of methoxy groups -OCH3 is 1. The van der Waals surface area contributed by atoms with Crippen molar-refractivity contribution in [2.45, 2.75) is 13.8 Å². The Morgan fingerprint density at radius 1 is 1.13 bits per heavy atom. The molecule has 1 aliphatic heterocycles. The molecule has 0 bridgehead atoms. The van der Waals surface area contributed by atoms with Gasteiger partial charge in [0.25, 0.3) is 5.91 Å². The van der Waals surface area contributed by atoms with Gasteiger partial charge in [-0.25, -0.2) is 4.98 Å². The van der Waals surface area contributed by atoms with Crippen LogP contribution in [0, 0.1) is 13.8 Å². The molecule has 3 aromatic rings. The van der Waals surface area contributed by atoms with E-state index in [1.54, 1.807) is 42.7 Å². The maximum absolute atomic E-state index is 12.3. The van der Waals surface area contributed by atoms with Crippen molar-refractivity contribution in [1.29, 1.82) is 0 Å². The standard InChI is InChI=1S/C23H28N4O2S/c1-16-14-17(2)21-20(15-16)30-23(25-21)27-12-10-26(11-13-27)9-8-24-22(28)18-4-6-19(29-3)7-5-18/h4-7,14-15H,8-13H2,1-3H3,(H,24,28). The summed E-state index contributed by atoms with van der Waals surface area (Å²) in [6.45, 7) is 9.65. The Labute approximate surface area is 181 Å². The van der Waals surface area contributed by atoms with Crippen LogP contribution < -0.4 is 15.0 Å². The van der Waals surface area contributed by atoms with Crippen LogP contribution in [-0.2, 0) is 0 Å². The highest BCUT2D eigenvalue weighted by Crippen LogP contribution is 2.32. The van der Waals surface area contributed by atoms with Crippen LogP contribution in [0.5, 0.6) is 5.75 Å². The predicted octanol–water partition coefficient (Wildman–Crippen LogP) is 3.47. The zero-order valence-electron chi connectivity index (χ0n) is 17.8. The molecule has 0 unspecified atom stereocenters. The lowest BCUT2D eigenvalue weighted by Gasteiger charge is -2.34. The number of amides is 1. The average Bonchev–Trinajstić information content (AvgIpc) is 3.18. The van der Waals surface area contributed by atoms with Gasteiger partial charge in [-0.2, -0.15) is 0 Å². The van der Waals surface area contributed by atoms with Gasteiger partial charge in [-0.15, -0.1) is 0 Å². The van der Waals surface area contributed by atoms with Crippen molar-refractivity contribution >= 4 is 32.6 Å². The number of ether oxygens (including phenoxy) is 1. The van der Waals surface area contributed by atoms with Crippen LogP contribution in [0.4, 0.5) is 5.13 Å². The Morgan fingerprint density at radius 2 is 1.87 bits per heavy atom. The molecule has 1 aliphatic rings. The highest BCUT2D eigenvalue weighted by Gasteiger charge is 2.20. The first-order valence-electron chi connectivity index (χ1n) is 10.3. The molecular formula is C23H28N4O2S. The Hall–Kier alpha value is -2.64. The fourth-order valence-corrected chi connectivity index (χ4v) is 5.02. The Morgan fingerprint density at radius 3 is 2.57 bits per heavy atom. The maximum Gasteiger partial charge on any atom is 0.251 e. The summed E-state index contributed by atoms with van der Waals surface area (Å²) in [6.07, 6.45) is 0. The van der Waals surface area contributed by atoms with Gasteiger partial charge in [-0.3, -0.25) is 9.69 Å². The zero-order valence-corrected chi connectivity index (χ0v) is 18.6. The van der Waals surface area contributed by atoms with E-state index in [4.69, 9.17) is 9.72 Å². The van der Waals surface area contributed by atoms with Gasteiger partial charge in [0.2, 0.25) is 0 Å². The van der Waals surface area contributed by atoms with Crippen LogP contribution in [0.2, 0.25) is 0 Å². The summed E-state index contributed by atoms with van der Waals surface area (Å²) < 4.78 is 6.40. The van der Waals surface area contributed by atoms with E-state index in [0.717, 1.165) is 49.1 Å². The van der Waals surface area contributed by atoms with E-state index in [0.29, 0.717) is 12.1 Å². The summed E-state index contributed by atoms with van der Waals surface area (Å²) in [5.41, 5.74) is 4.32. The number of rotatable bonds is 6. The van der Waals surface area contributed by atoms with E-state index in [9.17, 15) is 4.79 Å². The van der Waals surface area contributed by atoms with Crippen molar-refractivity contribution in [1.82, 2.24) is 15.2 Å². The third-order valence-corrected chi connectivity index (χ3v) is 6.59. The second kappa shape index (κ2) is 9.02. The molecule has 0 aliphatic carbocycles. The number of hydrogen-bond acceptors (Lipinski definition) is 6. The van der Waals surface area contributed by atoms with Crippen LogP contribution in [0.15, 0.2) is 36.4 Å². The van der Waals surface area contributed by atoms with E-state index in [-0.39, 0.29) is 5.91 Å². The van der Waals surface area contributed by atoms with Crippen molar-refractivity contribution in [3.05, 3.63) is 53.1 Å². The topological polar surface area (TPSA) is 57.7 Å². The summed E-state index contributed by atoms with van der Waals surface area (Å²) in [5, 5.41) is 4.13. The molecule has 1 aromatic heterocycles. The molecule has 158 valence electrons. The largest absolute Gasteiger partial charge is 0.497 e. The third-order valence-electron chi connectivity index (χ3n) is 5.53. The van der Waals surface area contributed by atoms with Gasteiger partial charge in [0.15, 0.2) is 5.13 Å². The Kier molecular flexibility index (Phi) is 6.20. The molecular weight excluding hydrogens is 396 g/mol. The normalized spacial score (nSPS) is 14.8. The molecule has 2 aromatic carbocycles. The predicted molar refractivity (Wildman–Crippen MR) is 123 cm³/mol. The number of piperazine rings is 1. The number of carbonyl (C=O) groups excluding carboxylic acids is 1. The smallest absolute Gasteiger partial charge is 0.251 e. The summed E-state index contributed by atoms with van der Waals surface area (Å²) in [6, 6.07) is 11.6. The zero-order chi connectivity index (χ0) is 21.1. The molecule has 30 heavy (non-hydrogen) atoms. The molecule has 2 heterocycles. The van der Waals surface area contributed by atoms with Gasteiger partial charge >= 0.3 is 0 Å². The molecule has 1 fully saturated rings. The van der Waals surface area contributed by atoms with E-state index >= 15 is 0 Å². The van der Waals surface area contributed by atoms with Crippen molar-refractivity contribution in [3.8, 4) is 5.75 Å². The number of nitrogens with zero attached hydrogens (tertiary/aromatic N) is 3. The van der Waals surface area contributed by atoms with Crippen LogP contribution in [0.3, 0.4) is 0 Å². The molecule has 1 saturated heterocycles. The lowest BCUT2D eigenvalue weighted by atomic mass is 10.1. The second-order valence-electron chi connectivity index (χ2n) is 7.74. The quantitative estimate of drug-likeness (QED) is 0.657. The monoisotopic (exact) mass is 424 g/mol. The summed E-state index contributed by atoms with van der Waals surface area (Å²) >= 11 is 1.79. The van der Waals surface area contributed by atoms with Gasteiger partial charge in [0.05, 0.1) is 17.3 Å². The average molecular weight is 425 g/mol. The minimum Gasteiger partial charge on any atom is -0.497 e. The van der Waals surface area contributed by atoms with Gasteiger partial charge in [-0.05, 0) is 55.3 Å². The first-order chi connectivity index (χ1) is 14.5. The molecule has 0 saturated carbocycles. The summed E-state index contributed by atoms with van der Waals surface area (Å²) in [4.78, 5) is 21.9. The Balaban J connectivity index is 1.25. The van der Waals surface area contributed by atoms with Crippen molar-refractivity contribution in [2.24, 2.45) is 0 Å². The summed E-state index contributed by atoms with van der Waals surface area (Å²) in [7, 11) is 1.62. The number of aryl methyl sites for hydroxylation is 2. The first kappa shape index (κ1) is 20.6. The van der Waals surface area contributed by atoms with Crippen LogP contribution in [-0.4, -0.2) is 62.2 Å². The molecule has 0 atom stereocenters. The molecule has 7 heteroatoms. The van der Waals surface area contributed by atoms with Gasteiger partial charge in [0, 0.05) is 44.8 Å². The number of aromatic nitrogens is 1. The molecule has 0 spiro atoms. The van der Waals surface area contributed by atoms with Crippen LogP contribution in [0.1, 0.15) is 21.5 Å². The molecule has 1 amide bonds. The van der Waals surface area contributed by atoms with E-state index in [1.165, 1.54) is 15.8 Å². The number of hydrogen-bond donors (Lipinski definition) is 1. The van der Waals surface area contributed by atoms with Crippen molar-refractivity contribution < 1.29 is 9.53 Å². The van der Waals surface area contributed by atoms with Crippen LogP contribution >= 0.6 is 11.3 Å². The summed E-state index contributed by atoms with van der Waals surface area (Å²) in [5.74, 6) is 0.708. The number of fused-ring (bicyclic) bond motifs is 1. The minimum absolute atomic E-state index is 0.0450.